The molecule has 1 aliphatic carbocycles. The molecule has 0 radical (unpaired) electrons. The fourth-order valence-electron chi connectivity index (χ4n) is 3.38. The molecule has 3 nitrogen and oxygen atoms in total. The Hall–Kier alpha value is -1.35. The van der Waals surface area contributed by atoms with Gasteiger partial charge in [-0.25, -0.2) is 0 Å². The van der Waals surface area contributed by atoms with Crippen LogP contribution < -0.4 is 5.32 Å². The number of hydrogen-bond acceptors (Lipinski definition) is 2. The van der Waals surface area contributed by atoms with E-state index in [9.17, 15) is 4.79 Å². The fraction of sp³-hybridized carbons (Fsp3) is 0.632. The topological polar surface area (TPSA) is 32.3 Å². The lowest BCUT2D eigenvalue weighted by atomic mass is 9.93. The first kappa shape index (κ1) is 15.5. The predicted molar refractivity (Wildman–Crippen MR) is 89.5 cm³/mol. The summed E-state index contributed by atoms with van der Waals surface area (Å²) in [4.78, 5) is 14.3. The normalized spacial score (nSPS) is 25.3. The Labute approximate surface area is 134 Å². The lowest BCUT2D eigenvalue weighted by Crippen LogP contribution is -2.50. The monoisotopic (exact) mass is 300 g/mol. The van der Waals surface area contributed by atoms with Crippen molar-refractivity contribution in [1.82, 2.24) is 10.2 Å². The Morgan fingerprint density at radius 1 is 1.18 bits per heavy atom. The van der Waals surface area contributed by atoms with E-state index in [1.54, 1.807) is 0 Å². The van der Waals surface area contributed by atoms with E-state index in [1.165, 1.54) is 11.1 Å². The molecule has 3 heteroatoms. The number of carbonyl (C=O) groups is 1. The van der Waals surface area contributed by atoms with Crippen molar-refractivity contribution >= 4 is 5.91 Å². The van der Waals surface area contributed by atoms with Crippen LogP contribution in [-0.2, 0) is 17.8 Å². The molecule has 2 fully saturated rings. The number of nitrogens with one attached hydrogen (secondary N) is 1. The largest absolute Gasteiger partial charge is 0.342 e. The second-order valence-electron chi connectivity index (χ2n) is 6.98. The van der Waals surface area contributed by atoms with Gasteiger partial charge < -0.3 is 10.2 Å². The van der Waals surface area contributed by atoms with Crippen molar-refractivity contribution < 1.29 is 4.79 Å². The van der Waals surface area contributed by atoms with Gasteiger partial charge in [-0.3, -0.25) is 4.79 Å². The van der Waals surface area contributed by atoms with Crippen molar-refractivity contribution in [2.24, 2.45) is 11.8 Å². The van der Waals surface area contributed by atoms with Crippen LogP contribution >= 0.6 is 0 Å². The molecule has 1 saturated heterocycles. The highest BCUT2D eigenvalue weighted by Gasteiger charge is 2.36. The van der Waals surface area contributed by atoms with E-state index >= 15 is 0 Å². The average molecular weight is 300 g/mol. The molecule has 0 spiro atoms. The molecule has 1 aromatic carbocycles. The predicted octanol–water partition coefficient (Wildman–Crippen LogP) is 2.99. The molecule has 0 bridgehead atoms. The minimum absolute atomic E-state index is 0.355. The first-order chi connectivity index (χ1) is 10.7. The summed E-state index contributed by atoms with van der Waals surface area (Å²) in [5.74, 6) is 1.29. The average Bonchev–Trinajstić information content (AvgIpc) is 3.38. The third-order valence-corrected chi connectivity index (χ3v) is 5.14. The van der Waals surface area contributed by atoms with Gasteiger partial charge in [0.2, 0.25) is 5.91 Å². The third-order valence-electron chi connectivity index (χ3n) is 5.14. The summed E-state index contributed by atoms with van der Waals surface area (Å²) in [7, 11) is 0. The minimum Gasteiger partial charge on any atom is -0.342 e. The molecule has 1 heterocycles. The lowest BCUT2D eigenvalue weighted by molar-refractivity contribution is -0.134. The van der Waals surface area contributed by atoms with Gasteiger partial charge in [0, 0.05) is 31.6 Å². The van der Waals surface area contributed by atoms with Gasteiger partial charge in [-0.05, 0) is 42.7 Å². The molecule has 2 atom stereocenters. The zero-order chi connectivity index (χ0) is 15.5. The summed E-state index contributed by atoms with van der Waals surface area (Å²) in [6.45, 7) is 7.22. The van der Waals surface area contributed by atoms with Gasteiger partial charge in [0.1, 0.15) is 0 Å². The zero-order valence-electron chi connectivity index (χ0n) is 13.8. The van der Waals surface area contributed by atoms with E-state index in [4.69, 9.17) is 0 Å². The second-order valence-corrected chi connectivity index (χ2v) is 6.98. The van der Waals surface area contributed by atoms with Crippen LogP contribution in [-0.4, -0.2) is 29.9 Å². The Balaban J connectivity index is 1.47. The molecule has 1 aliphatic heterocycles. The highest BCUT2D eigenvalue weighted by atomic mass is 16.2. The number of nitrogens with zero attached hydrogens (tertiary/aromatic N) is 1. The Bertz CT molecular complexity index is 507. The number of amides is 1. The molecule has 0 aromatic heterocycles. The van der Waals surface area contributed by atoms with E-state index < -0.39 is 0 Å². The van der Waals surface area contributed by atoms with Crippen LogP contribution in [0.3, 0.4) is 0 Å². The summed E-state index contributed by atoms with van der Waals surface area (Å²) in [5, 5.41) is 3.69. The van der Waals surface area contributed by atoms with Gasteiger partial charge in [0.05, 0.1) is 0 Å². The second kappa shape index (κ2) is 6.82. The summed E-state index contributed by atoms with van der Waals surface area (Å²) in [6, 6.07) is 9.41. The maximum atomic E-state index is 12.2. The quantitative estimate of drug-likeness (QED) is 0.906. The molecule has 1 N–H and O–H groups in total. The first-order valence-corrected chi connectivity index (χ1v) is 8.77. The highest BCUT2D eigenvalue weighted by molar-refractivity contribution is 5.81. The number of carbonyl (C=O) groups excluding carboxylic acids is 1. The van der Waals surface area contributed by atoms with Gasteiger partial charge in [0.25, 0.3) is 0 Å². The van der Waals surface area contributed by atoms with Gasteiger partial charge in [-0.2, -0.15) is 0 Å². The third kappa shape index (κ3) is 3.70. The first-order valence-electron chi connectivity index (χ1n) is 8.77. The highest BCUT2D eigenvalue weighted by Crippen LogP contribution is 2.32. The van der Waals surface area contributed by atoms with E-state index in [2.05, 4.69) is 48.3 Å². The molecule has 1 aromatic rings. The van der Waals surface area contributed by atoms with Crippen LogP contribution in [0.2, 0.25) is 0 Å². The molecule has 0 unspecified atom stereocenters. The van der Waals surface area contributed by atoms with Crippen molar-refractivity contribution in [3.8, 4) is 0 Å². The van der Waals surface area contributed by atoms with E-state index in [0.717, 1.165) is 45.3 Å². The number of rotatable bonds is 5. The summed E-state index contributed by atoms with van der Waals surface area (Å²) >= 11 is 0. The maximum Gasteiger partial charge on any atom is 0.225 e. The van der Waals surface area contributed by atoms with Crippen molar-refractivity contribution in [3.63, 3.8) is 0 Å². The standard InChI is InChI=1S/C19H28N2O/c1-3-15-4-6-16(7-5-15)12-20-18-10-11-21(13-14(18)2)19(22)17-8-9-17/h4-7,14,17-18,20H,3,8-13H2,1-2H3/t14-,18-/m0/s1. The van der Waals surface area contributed by atoms with Gasteiger partial charge in [-0.1, -0.05) is 38.1 Å². The van der Waals surface area contributed by atoms with Crippen LogP contribution in [0.1, 0.15) is 44.2 Å². The van der Waals surface area contributed by atoms with Gasteiger partial charge in [-0.15, -0.1) is 0 Å². The van der Waals surface area contributed by atoms with Crippen molar-refractivity contribution in [3.05, 3.63) is 35.4 Å². The Morgan fingerprint density at radius 2 is 1.86 bits per heavy atom. The molecule has 22 heavy (non-hydrogen) atoms. The number of aryl methyl sites for hydroxylation is 1. The number of hydrogen-bond donors (Lipinski definition) is 1. The fourth-order valence-corrected chi connectivity index (χ4v) is 3.38. The zero-order valence-corrected chi connectivity index (χ0v) is 13.8. The minimum atomic E-state index is 0.355. The summed E-state index contributed by atoms with van der Waals surface area (Å²) in [5.41, 5.74) is 2.74. The number of likely N-dealkylation sites (tertiary alicyclic amines) is 1. The van der Waals surface area contributed by atoms with E-state index in [-0.39, 0.29) is 0 Å². The molecule has 2 aliphatic rings. The maximum absolute atomic E-state index is 12.2. The summed E-state index contributed by atoms with van der Waals surface area (Å²) < 4.78 is 0. The SMILES string of the molecule is CCc1ccc(CN[C@H]2CCN(C(=O)C3CC3)C[C@@H]2C)cc1. The van der Waals surface area contributed by atoms with E-state index in [1.807, 2.05) is 0 Å². The molecular formula is C19H28N2O. The molecule has 120 valence electrons. The number of benzene rings is 1. The molecule has 1 amide bonds. The molecule has 3 rings (SSSR count). The van der Waals surface area contributed by atoms with Crippen LogP contribution in [0.4, 0.5) is 0 Å². The smallest absolute Gasteiger partial charge is 0.225 e. The molecule has 1 saturated carbocycles. The van der Waals surface area contributed by atoms with Crippen molar-refractivity contribution in [2.75, 3.05) is 13.1 Å². The Kier molecular flexibility index (Phi) is 4.82. The van der Waals surface area contributed by atoms with Crippen LogP contribution in [0.15, 0.2) is 24.3 Å². The summed E-state index contributed by atoms with van der Waals surface area (Å²) in [6.07, 6.45) is 4.39. The Morgan fingerprint density at radius 3 is 2.45 bits per heavy atom. The van der Waals surface area contributed by atoms with Crippen molar-refractivity contribution in [1.29, 1.82) is 0 Å². The van der Waals surface area contributed by atoms with Gasteiger partial charge in [0.15, 0.2) is 0 Å². The molecular weight excluding hydrogens is 272 g/mol. The van der Waals surface area contributed by atoms with E-state index in [0.29, 0.717) is 23.8 Å². The van der Waals surface area contributed by atoms with Crippen LogP contribution in [0, 0.1) is 11.8 Å². The van der Waals surface area contributed by atoms with Crippen molar-refractivity contribution in [2.45, 2.75) is 52.1 Å². The number of piperidine rings is 1. The van der Waals surface area contributed by atoms with Crippen LogP contribution in [0.25, 0.3) is 0 Å². The lowest BCUT2D eigenvalue weighted by Gasteiger charge is -2.37. The van der Waals surface area contributed by atoms with Crippen LogP contribution in [0.5, 0.6) is 0 Å². The van der Waals surface area contributed by atoms with Gasteiger partial charge >= 0.3 is 0 Å².